The molecule has 0 spiro atoms. The average Bonchev–Trinajstić information content (AvgIpc) is 2.63. The molecule has 0 saturated carbocycles. The summed E-state index contributed by atoms with van der Waals surface area (Å²) < 4.78 is 5.21. The van der Waals surface area contributed by atoms with E-state index in [1.54, 1.807) is 6.07 Å². The highest BCUT2D eigenvalue weighted by atomic mass is 35.5. The van der Waals surface area contributed by atoms with Crippen LogP contribution in [0.1, 0.15) is 23.6 Å². The maximum Gasteiger partial charge on any atom is 0.320 e. The normalized spacial score (nSPS) is 11.7. The van der Waals surface area contributed by atoms with Gasteiger partial charge in [0.15, 0.2) is 0 Å². The molecule has 0 aliphatic heterocycles. The topological polar surface area (TPSA) is 62.1 Å². The molecule has 1 atom stereocenters. The highest BCUT2D eigenvalue weighted by Crippen LogP contribution is 2.21. The number of nitrogens with zero attached hydrogens (tertiary/aromatic N) is 1. The van der Waals surface area contributed by atoms with Gasteiger partial charge < -0.3 is 10.1 Å². The standard InChI is InChI=1S/C19H19ClN2O2/c20-13-17(24-18(23)11-12-21)14-22-19(15-7-3-1-4-8-15)16-9-5-2-6-10-16/h1-10,17,19,22H,11,13-14H2. The summed E-state index contributed by atoms with van der Waals surface area (Å²) in [4.78, 5) is 11.5. The molecular formula is C19H19ClN2O2. The number of nitriles is 1. The molecule has 4 nitrogen and oxygen atoms in total. The van der Waals surface area contributed by atoms with E-state index in [1.807, 2.05) is 60.7 Å². The van der Waals surface area contributed by atoms with Gasteiger partial charge in [0, 0.05) is 6.54 Å². The molecule has 1 N–H and O–H groups in total. The summed E-state index contributed by atoms with van der Waals surface area (Å²) in [6, 6.07) is 21.8. The largest absolute Gasteiger partial charge is 0.459 e. The predicted molar refractivity (Wildman–Crippen MR) is 93.6 cm³/mol. The minimum Gasteiger partial charge on any atom is -0.459 e. The maximum absolute atomic E-state index is 11.5. The molecule has 0 aromatic heterocycles. The molecular weight excluding hydrogens is 324 g/mol. The fraction of sp³-hybridized carbons (Fsp3) is 0.263. The van der Waals surface area contributed by atoms with Crippen LogP contribution in [0.5, 0.6) is 0 Å². The first kappa shape index (κ1) is 18.0. The lowest BCUT2D eigenvalue weighted by Crippen LogP contribution is -2.35. The molecule has 0 bridgehead atoms. The molecule has 0 aliphatic carbocycles. The summed E-state index contributed by atoms with van der Waals surface area (Å²) in [5.41, 5.74) is 2.22. The molecule has 0 aliphatic rings. The third-order valence-corrected chi connectivity index (χ3v) is 3.85. The third kappa shape index (κ3) is 5.38. The lowest BCUT2D eigenvalue weighted by Gasteiger charge is -2.23. The second-order valence-electron chi connectivity index (χ2n) is 5.26. The van der Waals surface area contributed by atoms with Gasteiger partial charge in [-0.2, -0.15) is 5.26 Å². The Morgan fingerprint density at radius 3 is 2.08 bits per heavy atom. The summed E-state index contributed by atoms with van der Waals surface area (Å²) >= 11 is 5.89. The minimum absolute atomic E-state index is 0.0345. The number of carbonyl (C=O) groups is 1. The fourth-order valence-electron chi connectivity index (χ4n) is 2.39. The lowest BCUT2D eigenvalue weighted by atomic mass is 9.98. The van der Waals surface area contributed by atoms with E-state index in [0.29, 0.717) is 6.54 Å². The molecule has 24 heavy (non-hydrogen) atoms. The van der Waals surface area contributed by atoms with Crippen LogP contribution >= 0.6 is 11.6 Å². The molecule has 124 valence electrons. The van der Waals surface area contributed by atoms with Crippen LogP contribution in [0.3, 0.4) is 0 Å². The van der Waals surface area contributed by atoms with Gasteiger partial charge in [0.2, 0.25) is 0 Å². The molecule has 2 rings (SSSR count). The quantitative estimate of drug-likeness (QED) is 0.589. The zero-order valence-corrected chi connectivity index (χ0v) is 13.9. The van der Waals surface area contributed by atoms with E-state index >= 15 is 0 Å². The highest BCUT2D eigenvalue weighted by molar-refractivity contribution is 6.18. The summed E-state index contributed by atoms with van der Waals surface area (Å²) in [6.07, 6.45) is -0.754. The van der Waals surface area contributed by atoms with Crippen molar-refractivity contribution >= 4 is 17.6 Å². The molecule has 0 heterocycles. The van der Waals surface area contributed by atoms with Crippen LogP contribution in [0, 0.1) is 11.3 Å². The summed E-state index contributed by atoms with van der Waals surface area (Å²) in [7, 11) is 0. The smallest absolute Gasteiger partial charge is 0.320 e. The van der Waals surface area contributed by atoms with Gasteiger partial charge in [0.1, 0.15) is 12.5 Å². The van der Waals surface area contributed by atoms with Crippen molar-refractivity contribution in [2.45, 2.75) is 18.6 Å². The van der Waals surface area contributed by atoms with Crippen LogP contribution in [-0.4, -0.2) is 24.5 Å². The number of halogens is 1. The zero-order valence-electron chi connectivity index (χ0n) is 13.2. The van der Waals surface area contributed by atoms with E-state index in [1.165, 1.54) is 0 Å². The average molecular weight is 343 g/mol. The SMILES string of the molecule is N#CCC(=O)OC(CCl)CNC(c1ccccc1)c1ccccc1. The summed E-state index contributed by atoms with van der Waals surface area (Å²) in [6.45, 7) is 0.398. The number of alkyl halides is 1. The van der Waals surface area contributed by atoms with Gasteiger partial charge in [-0.25, -0.2) is 0 Å². The summed E-state index contributed by atoms with van der Waals surface area (Å²) in [5, 5.41) is 11.9. The van der Waals surface area contributed by atoms with Gasteiger partial charge in [-0.1, -0.05) is 60.7 Å². The van der Waals surface area contributed by atoms with Crippen LogP contribution in [-0.2, 0) is 9.53 Å². The Hall–Kier alpha value is -2.35. The first-order valence-corrected chi connectivity index (χ1v) is 8.23. The van der Waals surface area contributed by atoms with Crippen molar-refractivity contribution in [3.63, 3.8) is 0 Å². The number of carbonyl (C=O) groups excluding carboxylic acids is 1. The molecule has 0 saturated heterocycles. The number of benzene rings is 2. The van der Waals surface area contributed by atoms with E-state index in [0.717, 1.165) is 11.1 Å². The van der Waals surface area contributed by atoms with Gasteiger partial charge in [-0.3, -0.25) is 4.79 Å². The molecule has 0 amide bonds. The van der Waals surface area contributed by atoms with Crippen molar-refractivity contribution in [3.8, 4) is 6.07 Å². The lowest BCUT2D eigenvalue weighted by molar-refractivity contribution is -0.146. The van der Waals surface area contributed by atoms with Gasteiger partial charge in [-0.05, 0) is 11.1 Å². The maximum atomic E-state index is 11.5. The van der Waals surface area contributed by atoms with Crippen molar-refractivity contribution in [2.75, 3.05) is 12.4 Å². The number of rotatable bonds is 8. The van der Waals surface area contributed by atoms with Crippen LogP contribution in [0.2, 0.25) is 0 Å². The fourth-order valence-corrected chi connectivity index (χ4v) is 2.56. The number of hydrogen-bond acceptors (Lipinski definition) is 4. The molecule has 1 unspecified atom stereocenters. The highest BCUT2D eigenvalue weighted by Gasteiger charge is 2.18. The van der Waals surface area contributed by atoms with Crippen molar-refractivity contribution in [1.82, 2.24) is 5.32 Å². The van der Waals surface area contributed by atoms with E-state index in [2.05, 4.69) is 5.32 Å². The molecule has 5 heteroatoms. The second-order valence-corrected chi connectivity index (χ2v) is 5.57. The van der Waals surface area contributed by atoms with Crippen molar-refractivity contribution in [3.05, 3.63) is 71.8 Å². The zero-order chi connectivity index (χ0) is 17.2. The van der Waals surface area contributed by atoms with E-state index in [4.69, 9.17) is 21.6 Å². The molecule has 0 radical (unpaired) electrons. The monoisotopic (exact) mass is 342 g/mol. The van der Waals surface area contributed by atoms with Gasteiger partial charge in [-0.15, -0.1) is 11.6 Å². The molecule has 2 aromatic rings. The van der Waals surface area contributed by atoms with E-state index in [-0.39, 0.29) is 18.3 Å². The van der Waals surface area contributed by atoms with Crippen molar-refractivity contribution in [1.29, 1.82) is 5.26 Å². The Morgan fingerprint density at radius 2 is 1.62 bits per heavy atom. The number of nitrogens with one attached hydrogen (secondary N) is 1. The van der Waals surface area contributed by atoms with Crippen LogP contribution in [0.25, 0.3) is 0 Å². The molecule has 0 fully saturated rings. The Morgan fingerprint density at radius 1 is 1.08 bits per heavy atom. The second kappa shape index (κ2) is 9.71. The molecule has 2 aromatic carbocycles. The minimum atomic E-state index is -0.555. The Bertz CT molecular complexity index is 631. The Balaban J connectivity index is 2.09. The number of esters is 1. The van der Waals surface area contributed by atoms with E-state index in [9.17, 15) is 4.79 Å². The first-order valence-electron chi connectivity index (χ1n) is 7.70. The van der Waals surface area contributed by atoms with Gasteiger partial charge in [0.05, 0.1) is 18.0 Å². The van der Waals surface area contributed by atoms with Crippen LogP contribution < -0.4 is 5.32 Å². The van der Waals surface area contributed by atoms with Crippen molar-refractivity contribution < 1.29 is 9.53 Å². The Labute approximate surface area is 147 Å². The third-order valence-electron chi connectivity index (χ3n) is 3.51. The van der Waals surface area contributed by atoms with E-state index < -0.39 is 12.1 Å². The Kier molecular flexibility index (Phi) is 7.28. The van der Waals surface area contributed by atoms with Gasteiger partial charge >= 0.3 is 5.97 Å². The predicted octanol–water partition coefficient (Wildman–Crippen LogP) is 3.43. The first-order chi connectivity index (χ1) is 11.7. The summed E-state index contributed by atoms with van der Waals surface area (Å²) in [5.74, 6) is -0.388. The number of ether oxygens (including phenoxy) is 1. The number of hydrogen-bond donors (Lipinski definition) is 1. The van der Waals surface area contributed by atoms with Crippen LogP contribution in [0.4, 0.5) is 0 Å². The van der Waals surface area contributed by atoms with Gasteiger partial charge in [0.25, 0.3) is 0 Å². The van der Waals surface area contributed by atoms with Crippen molar-refractivity contribution in [2.24, 2.45) is 0 Å². The van der Waals surface area contributed by atoms with Crippen LogP contribution in [0.15, 0.2) is 60.7 Å².